The Morgan fingerprint density at radius 1 is 1.23 bits per heavy atom. The summed E-state index contributed by atoms with van der Waals surface area (Å²) >= 11 is 3.25. The zero-order valence-electron chi connectivity index (χ0n) is 16.0. The van der Waals surface area contributed by atoms with Crippen LogP contribution in [0, 0.1) is 11.6 Å². The number of nitrogen functional groups attached to an aromatic ring is 1. The van der Waals surface area contributed by atoms with Crippen molar-refractivity contribution in [2.24, 2.45) is 0 Å². The lowest BCUT2D eigenvalue weighted by atomic mass is 9.99. The van der Waals surface area contributed by atoms with Crippen molar-refractivity contribution in [2.45, 2.75) is 43.9 Å². The first kappa shape index (κ1) is 22.1. The number of hydrogen-bond donors (Lipinski definition) is 4. The van der Waals surface area contributed by atoms with Crippen molar-refractivity contribution in [3.8, 4) is 0 Å². The van der Waals surface area contributed by atoms with Crippen LogP contribution >= 0.6 is 15.9 Å². The van der Waals surface area contributed by atoms with Crippen molar-refractivity contribution in [3.05, 3.63) is 57.7 Å². The molecule has 3 rings (SSSR count). The number of rotatable bonds is 5. The van der Waals surface area contributed by atoms with Crippen LogP contribution in [0.15, 0.2) is 34.9 Å². The molecule has 2 aromatic rings. The van der Waals surface area contributed by atoms with E-state index in [1.165, 1.54) is 18.3 Å². The molecule has 1 heterocycles. The average molecular weight is 483 g/mol. The summed E-state index contributed by atoms with van der Waals surface area (Å²) in [6.45, 7) is 1.56. The molecule has 0 saturated heterocycles. The van der Waals surface area contributed by atoms with Crippen LogP contribution in [0.1, 0.15) is 41.6 Å². The number of hydrogen-bond acceptors (Lipinski definition) is 5. The van der Waals surface area contributed by atoms with E-state index in [2.05, 4.69) is 31.5 Å². The number of nitrogens with one attached hydrogen (secondary N) is 2. The van der Waals surface area contributed by atoms with E-state index < -0.39 is 35.6 Å². The minimum atomic E-state index is -1.03. The number of aliphatic hydroxyl groups is 1. The van der Waals surface area contributed by atoms with Crippen molar-refractivity contribution >= 4 is 33.6 Å². The van der Waals surface area contributed by atoms with E-state index in [0.29, 0.717) is 22.0 Å². The van der Waals surface area contributed by atoms with Crippen LogP contribution in [0.2, 0.25) is 0 Å². The number of aromatic nitrogens is 1. The van der Waals surface area contributed by atoms with E-state index in [1.807, 2.05) is 0 Å². The fourth-order valence-electron chi connectivity index (χ4n) is 3.42. The Labute approximate surface area is 180 Å². The maximum Gasteiger partial charge on any atom is 0.252 e. The topological polar surface area (TPSA) is 117 Å². The zero-order chi connectivity index (χ0) is 22.0. The van der Waals surface area contributed by atoms with Gasteiger partial charge < -0.3 is 21.5 Å². The molecule has 1 aliphatic carbocycles. The summed E-state index contributed by atoms with van der Waals surface area (Å²) in [5, 5.41) is 15.9. The van der Waals surface area contributed by atoms with Crippen LogP contribution in [0.5, 0.6) is 0 Å². The van der Waals surface area contributed by atoms with Gasteiger partial charge in [-0.05, 0) is 59.5 Å². The van der Waals surface area contributed by atoms with Crippen LogP contribution in [0.25, 0.3) is 0 Å². The van der Waals surface area contributed by atoms with Gasteiger partial charge in [0.2, 0.25) is 5.91 Å². The highest BCUT2D eigenvalue weighted by atomic mass is 79.9. The van der Waals surface area contributed by atoms with Gasteiger partial charge in [-0.1, -0.05) is 6.07 Å². The third-order valence-electron chi connectivity index (χ3n) is 5.15. The lowest BCUT2D eigenvalue weighted by molar-refractivity contribution is -0.123. The highest BCUT2D eigenvalue weighted by molar-refractivity contribution is 9.10. The van der Waals surface area contributed by atoms with Crippen LogP contribution in [-0.2, 0) is 4.79 Å². The number of aliphatic hydroxyl groups excluding tert-OH is 1. The smallest absolute Gasteiger partial charge is 0.252 e. The lowest BCUT2D eigenvalue weighted by Gasteiger charge is -2.20. The Balaban J connectivity index is 1.60. The van der Waals surface area contributed by atoms with Gasteiger partial charge >= 0.3 is 0 Å². The fourth-order valence-corrected chi connectivity index (χ4v) is 3.82. The number of amides is 2. The van der Waals surface area contributed by atoms with E-state index in [4.69, 9.17) is 5.73 Å². The van der Waals surface area contributed by atoms with E-state index in [-0.39, 0.29) is 24.2 Å². The number of pyridine rings is 1. The van der Waals surface area contributed by atoms with Gasteiger partial charge in [-0.2, -0.15) is 0 Å². The summed E-state index contributed by atoms with van der Waals surface area (Å²) < 4.78 is 27.0. The molecule has 10 heteroatoms. The molecule has 7 nitrogen and oxygen atoms in total. The maximum absolute atomic E-state index is 13.4. The van der Waals surface area contributed by atoms with Gasteiger partial charge in [-0.15, -0.1) is 0 Å². The second-order valence-corrected chi connectivity index (χ2v) is 8.16. The predicted molar refractivity (Wildman–Crippen MR) is 110 cm³/mol. The van der Waals surface area contributed by atoms with Crippen molar-refractivity contribution < 1.29 is 23.5 Å². The highest BCUT2D eigenvalue weighted by Crippen LogP contribution is 2.24. The van der Waals surface area contributed by atoms with Crippen LogP contribution < -0.4 is 16.4 Å². The molecule has 1 unspecified atom stereocenters. The summed E-state index contributed by atoms with van der Waals surface area (Å²) in [6, 6.07) is 3.78. The molecule has 1 aromatic heterocycles. The van der Waals surface area contributed by atoms with Gasteiger partial charge in [0.05, 0.1) is 23.6 Å². The molecule has 1 saturated carbocycles. The van der Waals surface area contributed by atoms with E-state index in [1.54, 1.807) is 6.92 Å². The second kappa shape index (κ2) is 9.05. The Hall–Kier alpha value is -2.59. The third kappa shape index (κ3) is 4.93. The van der Waals surface area contributed by atoms with Gasteiger partial charge in [0, 0.05) is 16.7 Å². The molecule has 0 bridgehead atoms. The number of carbonyl (C=O) groups is 2. The quantitative estimate of drug-likeness (QED) is 0.521. The molecule has 30 heavy (non-hydrogen) atoms. The van der Waals surface area contributed by atoms with Crippen molar-refractivity contribution in [2.75, 3.05) is 5.73 Å². The molecule has 0 radical (unpaired) electrons. The number of anilines is 1. The van der Waals surface area contributed by atoms with Gasteiger partial charge in [0.15, 0.2) is 11.6 Å². The Morgan fingerprint density at radius 3 is 2.67 bits per heavy atom. The Bertz CT molecular complexity index is 975. The normalized spacial score (nSPS) is 21.8. The molecule has 1 fully saturated rings. The summed E-state index contributed by atoms with van der Waals surface area (Å²) in [7, 11) is 0. The monoisotopic (exact) mass is 482 g/mol. The minimum absolute atomic E-state index is 0.200. The first-order valence-electron chi connectivity index (χ1n) is 9.31. The van der Waals surface area contributed by atoms with Crippen LogP contribution in [-0.4, -0.2) is 40.1 Å². The number of nitrogens with two attached hydrogens (primary N) is 1. The maximum atomic E-state index is 13.4. The molecule has 1 aromatic carbocycles. The van der Waals surface area contributed by atoms with Crippen molar-refractivity contribution in [1.29, 1.82) is 0 Å². The van der Waals surface area contributed by atoms with E-state index in [0.717, 1.165) is 12.1 Å². The predicted octanol–water partition coefficient (Wildman–Crippen LogP) is 2.25. The molecule has 4 atom stereocenters. The number of carbonyl (C=O) groups excluding carboxylic acids is 2. The largest absolute Gasteiger partial charge is 0.391 e. The highest BCUT2D eigenvalue weighted by Gasteiger charge is 2.36. The number of nitrogens with zero attached hydrogens (tertiary/aromatic N) is 1. The van der Waals surface area contributed by atoms with Gasteiger partial charge in [-0.3, -0.25) is 9.59 Å². The number of benzene rings is 1. The molecule has 0 spiro atoms. The number of halogens is 3. The second-order valence-electron chi connectivity index (χ2n) is 7.31. The van der Waals surface area contributed by atoms with Gasteiger partial charge in [0.1, 0.15) is 5.82 Å². The van der Waals surface area contributed by atoms with E-state index in [9.17, 15) is 23.5 Å². The molecular formula is C20H21BrF2N4O3. The average Bonchev–Trinajstić information content (AvgIpc) is 3.03. The fraction of sp³-hybridized carbons (Fsp3) is 0.350. The third-order valence-corrected chi connectivity index (χ3v) is 5.78. The molecule has 1 aliphatic rings. The van der Waals surface area contributed by atoms with Gasteiger partial charge in [0.25, 0.3) is 5.91 Å². The molecule has 2 amide bonds. The standard InChI is InChI=1S/C20H21BrF2N4O3/c1-9(10-2-3-14(22)15(23)4-10)19(29)27-16-5-11(6-17(16)28)26-20(30)12-7-18(24)25-8-13(12)21/h2-4,7-9,11,16-17,28H,5-6H2,1H3,(H2,24,25)(H,26,30)(H,27,29)/t9?,11-,16-,17-/m1/s1. The molecule has 160 valence electrons. The van der Waals surface area contributed by atoms with E-state index >= 15 is 0 Å². The first-order chi connectivity index (χ1) is 14.2. The Kier molecular flexibility index (Phi) is 6.67. The lowest BCUT2D eigenvalue weighted by Crippen LogP contribution is -2.42. The minimum Gasteiger partial charge on any atom is -0.391 e. The summed E-state index contributed by atoms with van der Waals surface area (Å²) in [4.78, 5) is 28.9. The molecule has 5 N–H and O–H groups in total. The molecule has 0 aliphatic heterocycles. The first-order valence-corrected chi connectivity index (χ1v) is 10.1. The van der Waals surface area contributed by atoms with Crippen LogP contribution in [0.3, 0.4) is 0 Å². The van der Waals surface area contributed by atoms with Crippen LogP contribution in [0.4, 0.5) is 14.6 Å². The van der Waals surface area contributed by atoms with Crippen molar-refractivity contribution in [3.63, 3.8) is 0 Å². The Morgan fingerprint density at radius 2 is 1.97 bits per heavy atom. The summed E-state index contributed by atoms with van der Waals surface area (Å²) in [6.07, 6.45) is 1.15. The SMILES string of the molecule is CC(C(=O)N[C@@H]1C[C@@H](NC(=O)c2cc(N)ncc2Br)C[C@H]1O)c1ccc(F)c(F)c1. The molecular weight excluding hydrogens is 462 g/mol. The van der Waals surface area contributed by atoms with Crippen molar-refractivity contribution in [1.82, 2.24) is 15.6 Å². The zero-order valence-corrected chi connectivity index (χ0v) is 17.6. The summed E-state index contributed by atoms with van der Waals surface area (Å²) in [5.41, 5.74) is 6.26. The summed E-state index contributed by atoms with van der Waals surface area (Å²) in [5.74, 6) is -3.36. The van der Waals surface area contributed by atoms with Gasteiger partial charge in [-0.25, -0.2) is 13.8 Å².